The molecule has 6 heteroatoms. The van der Waals surface area contributed by atoms with E-state index < -0.39 is 0 Å². The second-order valence-corrected chi connectivity index (χ2v) is 5.00. The Morgan fingerprint density at radius 1 is 1.21 bits per heavy atom. The van der Waals surface area contributed by atoms with Gasteiger partial charge in [0, 0.05) is 39.1 Å². The smallest absolute Gasteiger partial charge is 0.180 e. The molecular weight excluding hydrogens is 240 g/mol. The molecule has 0 aromatic carbocycles. The summed E-state index contributed by atoms with van der Waals surface area (Å²) in [5, 5.41) is 3.12. The summed E-state index contributed by atoms with van der Waals surface area (Å²) in [6.45, 7) is 4.25. The van der Waals surface area contributed by atoms with Gasteiger partial charge in [-0.15, -0.1) is 0 Å². The lowest BCUT2D eigenvalue weighted by molar-refractivity contribution is 0.360. The van der Waals surface area contributed by atoms with Crippen molar-refractivity contribution >= 4 is 17.3 Å². The molecule has 0 bridgehead atoms. The van der Waals surface area contributed by atoms with Crippen LogP contribution in [0.4, 0.5) is 11.6 Å². The maximum Gasteiger partial charge on any atom is 0.180 e. The summed E-state index contributed by atoms with van der Waals surface area (Å²) in [7, 11) is 4.07. The van der Waals surface area contributed by atoms with Crippen LogP contribution >= 0.6 is 0 Å². The van der Waals surface area contributed by atoms with Crippen LogP contribution in [0.15, 0.2) is 18.6 Å². The molecule has 1 saturated heterocycles. The van der Waals surface area contributed by atoms with Gasteiger partial charge in [0.05, 0.1) is 6.20 Å². The normalized spacial score (nSPS) is 17.7. The maximum absolute atomic E-state index is 4.69. The quantitative estimate of drug-likeness (QED) is 0.870. The molecule has 0 amide bonds. The fraction of sp³-hybridized carbons (Fsp3) is 0.538. The first-order valence-electron chi connectivity index (χ1n) is 6.73. The Morgan fingerprint density at radius 3 is 2.95 bits per heavy atom. The van der Waals surface area contributed by atoms with Crippen molar-refractivity contribution in [3.8, 4) is 0 Å². The summed E-state index contributed by atoms with van der Waals surface area (Å²) in [6.07, 6.45) is 6.92. The Labute approximate surface area is 113 Å². The number of hydrogen-bond donors (Lipinski definition) is 1. The minimum Gasteiger partial charge on any atom is -0.372 e. The van der Waals surface area contributed by atoms with E-state index >= 15 is 0 Å². The van der Waals surface area contributed by atoms with Gasteiger partial charge in [-0.25, -0.2) is 9.97 Å². The second kappa shape index (κ2) is 5.05. The molecule has 2 aromatic heterocycles. The van der Waals surface area contributed by atoms with Crippen molar-refractivity contribution < 1.29 is 0 Å². The van der Waals surface area contributed by atoms with Crippen molar-refractivity contribution in [1.29, 1.82) is 0 Å². The zero-order valence-electron chi connectivity index (χ0n) is 11.5. The molecule has 0 spiro atoms. The van der Waals surface area contributed by atoms with E-state index in [0.29, 0.717) is 0 Å². The highest BCUT2D eigenvalue weighted by atomic mass is 15.3. The zero-order valence-corrected chi connectivity index (χ0v) is 11.5. The molecule has 1 fully saturated rings. The highest BCUT2D eigenvalue weighted by molar-refractivity contribution is 5.66. The second-order valence-electron chi connectivity index (χ2n) is 5.00. The third kappa shape index (κ3) is 2.35. The molecule has 6 nitrogen and oxygen atoms in total. The number of rotatable bonds is 2. The Morgan fingerprint density at radius 2 is 2.11 bits per heavy atom. The molecule has 19 heavy (non-hydrogen) atoms. The van der Waals surface area contributed by atoms with Gasteiger partial charge in [0.25, 0.3) is 0 Å². The lowest BCUT2D eigenvalue weighted by atomic mass is 10.4. The Kier molecular flexibility index (Phi) is 3.25. The van der Waals surface area contributed by atoms with E-state index in [-0.39, 0.29) is 0 Å². The molecule has 3 rings (SSSR count). The number of nitrogens with zero attached hydrogens (tertiary/aromatic N) is 5. The summed E-state index contributed by atoms with van der Waals surface area (Å²) in [4.78, 5) is 13.8. The lowest BCUT2D eigenvalue weighted by Crippen LogP contribution is -2.30. The van der Waals surface area contributed by atoms with Crippen molar-refractivity contribution in [3.63, 3.8) is 0 Å². The van der Waals surface area contributed by atoms with E-state index in [0.717, 1.165) is 49.9 Å². The predicted octanol–water partition coefficient (Wildman–Crippen LogP) is 0.913. The van der Waals surface area contributed by atoms with Gasteiger partial charge in [0.2, 0.25) is 0 Å². The van der Waals surface area contributed by atoms with Gasteiger partial charge in [-0.1, -0.05) is 0 Å². The summed E-state index contributed by atoms with van der Waals surface area (Å²) in [5.41, 5.74) is 0.934. The van der Waals surface area contributed by atoms with Crippen LogP contribution in [0.3, 0.4) is 0 Å². The highest BCUT2D eigenvalue weighted by Gasteiger charge is 2.17. The first-order chi connectivity index (χ1) is 9.28. The average molecular weight is 260 g/mol. The van der Waals surface area contributed by atoms with Gasteiger partial charge in [0.15, 0.2) is 11.5 Å². The minimum absolute atomic E-state index is 0.873. The van der Waals surface area contributed by atoms with Crippen molar-refractivity contribution in [2.45, 2.75) is 6.42 Å². The number of hydrogen-bond acceptors (Lipinski definition) is 5. The summed E-state index contributed by atoms with van der Waals surface area (Å²) in [5.74, 6) is 1.85. The van der Waals surface area contributed by atoms with Gasteiger partial charge in [-0.2, -0.15) is 0 Å². The molecular formula is C13H20N6. The number of nitrogens with one attached hydrogen (secondary N) is 1. The highest BCUT2D eigenvalue weighted by Crippen LogP contribution is 2.21. The monoisotopic (exact) mass is 260 g/mol. The van der Waals surface area contributed by atoms with Crippen molar-refractivity contribution in [2.24, 2.45) is 0 Å². The van der Waals surface area contributed by atoms with Crippen LogP contribution in [0.5, 0.6) is 0 Å². The van der Waals surface area contributed by atoms with Crippen LogP contribution in [-0.4, -0.2) is 59.5 Å². The number of aromatic nitrogens is 3. The molecule has 0 aliphatic carbocycles. The van der Waals surface area contributed by atoms with E-state index in [4.69, 9.17) is 4.98 Å². The largest absolute Gasteiger partial charge is 0.372 e. The van der Waals surface area contributed by atoms with E-state index in [2.05, 4.69) is 27.1 Å². The third-order valence-electron chi connectivity index (χ3n) is 3.63. The maximum atomic E-state index is 4.69. The number of imidazole rings is 1. The van der Waals surface area contributed by atoms with Gasteiger partial charge >= 0.3 is 0 Å². The van der Waals surface area contributed by atoms with Crippen molar-refractivity contribution in [3.05, 3.63) is 18.6 Å². The third-order valence-corrected chi connectivity index (χ3v) is 3.63. The van der Waals surface area contributed by atoms with Crippen LogP contribution in [0.1, 0.15) is 6.42 Å². The minimum atomic E-state index is 0.873. The Bertz CT molecular complexity index is 563. The summed E-state index contributed by atoms with van der Waals surface area (Å²) in [6, 6.07) is 0. The SMILES string of the molecule is CNc1cn2ccnc2c(N2CCCN(C)CC2)n1. The van der Waals surface area contributed by atoms with Crippen LogP contribution in [0.25, 0.3) is 5.65 Å². The van der Waals surface area contributed by atoms with Gasteiger partial charge in [-0.3, -0.25) is 0 Å². The molecule has 1 aliphatic rings. The van der Waals surface area contributed by atoms with Crippen LogP contribution in [-0.2, 0) is 0 Å². The van der Waals surface area contributed by atoms with E-state index in [9.17, 15) is 0 Å². The Hall–Kier alpha value is -1.82. The first kappa shape index (κ1) is 12.2. The van der Waals surface area contributed by atoms with E-state index in [1.807, 2.05) is 30.0 Å². The standard InChI is InChI=1S/C13H20N6/c1-14-11-10-19-7-4-15-12(19)13(16-11)18-6-3-5-17(2)8-9-18/h4,7,10,14H,3,5-6,8-9H2,1-2H3. The van der Waals surface area contributed by atoms with Crippen molar-refractivity contribution in [2.75, 3.05) is 50.5 Å². The fourth-order valence-corrected chi connectivity index (χ4v) is 2.51. The van der Waals surface area contributed by atoms with E-state index in [1.54, 1.807) is 0 Å². The lowest BCUT2D eigenvalue weighted by Gasteiger charge is -2.22. The van der Waals surface area contributed by atoms with Crippen molar-refractivity contribution in [1.82, 2.24) is 19.3 Å². The molecule has 2 aromatic rings. The van der Waals surface area contributed by atoms with Crippen LogP contribution < -0.4 is 10.2 Å². The molecule has 0 unspecified atom stereocenters. The number of fused-ring (bicyclic) bond motifs is 1. The van der Waals surface area contributed by atoms with Gasteiger partial charge in [0.1, 0.15) is 5.82 Å². The molecule has 1 aliphatic heterocycles. The predicted molar refractivity (Wildman–Crippen MR) is 76.9 cm³/mol. The van der Waals surface area contributed by atoms with E-state index in [1.165, 1.54) is 0 Å². The summed E-state index contributed by atoms with van der Waals surface area (Å²) >= 11 is 0. The molecule has 3 heterocycles. The topological polar surface area (TPSA) is 48.7 Å². The molecule has 1 N–H and O–H groups in total. The zero-order chi connectivity index (χ0) is 13.2. The van der Waals surface area contributed by atoms with Gasteiger partial charge in [-0.05, 0) is 20.0 Å². The molecule has 0 saturated carbocycles. The fourth-order valence-electron chi connectivity index (χ4n) is 2.51. The molecule has 102 valence electrons. The summed E-state index contributed by atoms with van der Waals surface area (Å²) < 4.78 is 2.03. The van der Waals surface area contributed by atoms with Crippen LogP contribution in [0.2, 0.25) is 0 Å². The number of likely N-dealkylation sites (N-methyl/N-ethyl adjacent to an activating group) is 1. The average Bonchev–Trinajstić information content (AvgIpc) is 2.79. The first-order valence-corrected chi connectivity index (χ1v) is 6.73. The molecule has 0 radical (unpaired) electrons. The van der Waals surface area contributed by atoms with Crippen LogP contribution in [0, 0.1) is 0 Å². The number of anilines is 2. The molecule has 0 atom stereocenters. The van der Waals surface area contributed by atoms with Gasteiger partial charge < -0.3 is 19.5 Å². The Balaban J connectivity index is 2.00.